The first-order valence-electron chi connectivity index (χ1n) is 11.3. The molecule has 0 saturated carbocycles. The van der Waals surface area contributed by atoms with Gasteiger partial charge in [0.1, 0.15) is 36.2 Å². The highest BCUT2D eigenvalue weighted by Gasteiger charge is 2.26. The van der Waals surface area contributed by atoms with Gasteiger partial charge < -0.3 is 14.7 Å². The Morgan fingerprint density at radius 2 is 1.85 bits per heavy atom. The van der Waals surface area contributed by atoms with E-state index in [0.29, 0.717) is 26.1 Å². The number of hydrogen-bond donors (Lipinski definition) is 1. The van der Waals surface area contributed by atoms with E-state index in [9.17, 15) is 13.9 Å². The molecule has 0 unspecified atom stereocenters. The Morgan fingerprint density at radius 3 is 2.62 bits per heavy atom. The molecule has 3 aromatic carbocycles. The molecule has 178 valence electrons. The first kappa shape index (κ1) is 23.9. The molecule has 1 aliphatic rings. The number of hydrogen-bond acceptors (Lipinski definition) is 5. The summed E-state index contributed by atoms with van der Waals surface area (Å²) in [5, 5.41) is 14.9. The zero-order valence-corrected chi connectivity index (χ0v) is 19.0. The van der Waals surface area contributed by atoms with E-state index >= 15 is 0 Å². The molecule has 0 aliphatic carbocycles. The van der Waals surface area contributed by atoms with Crippen LogP contribution in [-0.4, -0.2) is 47.6 Å². The molecule has 4 rings (SSSR count). The van der Waals surface area contributed by atoms with Crippen molar-refractivity contribution in [3.8, 4) is 5.75 Å². The van der Waals surface area contributed by atoms with Crippen LogP contribution in [0.1, 0.15) is 23.1 Å². The van der Waals surface area contributed by atoms with E-state index in [2.05, 4.69) is 5.16 Å². The lowest BCUT2D eigenvalue weighted by Gasteiger charge is -2.27. The highest BCUT2D eigenvalue weighted by Crippen LogP contribution is 2.20. The molecule has 0 fully saturated rings. The molecule has 34 heavy (non-hydrogen) atoms. The van der Waals surface area contributed by atoms with Crippen LogP contribution in [0.4, 0.5) is 8.78 Å². The number of rotatable bonds is 10. The van der Waals surface area contributed by atoms with E-state index in [1.165, 1.54) is 24.3 Å². The maximum atomic E-state index is 13.7. The molecule has 0 bridgehead atoms. The van der Waals surface area contributed by atoms with Crippen LogP contribution >= 0.6 is 0 Å². The van der Waals surface area contributed by atoms with Gasteiger partial charge >= 0.3 is 0 Å². The average Bonchev–Trinajstić information content (AvgIpc) is 3.27. The zero-order valence-electron chi connectivity index (χ0n) is 19.0. The largest absolute Gasteiger partial charge is 0.491 e. The van der Waals surface area contributed by atoms with Crippen molar-refractivity contribution < 1.29 is 23.5 Å². The van der Waals surface area contributed by atoms with E-state index in [1.807, 2.05) is 42.2 Å². The lowest BCUT2D eigenvalue weighted by atomic mass is 10.0. The number of oxime groups is 1. The van der Waals surface area contributed by atoms with Crippen LogP contribution in [0.5, 0.6) is 5.75 Å². The summed E-state index contributed by atoms with van der Waals surface area (Å²) >= 11 is 0. The summed E-state index contributed by atoms with van der Waals surface area (Å²) in [4.78, 5) is 7.64. The van der Waals surface area contributed by atoms with Gasteiger partial charge in [-0.2, -0.15) is 0 Å². The molecular weight excluding hydrogens is 438 g/mol. The second-order valence-corrected chi connectivity index (χ2v) is 8.53. The molecule has 0 spiro atoms. The van der Waals surface area contributed by atoms with Gasteiger partial charge in [0.2, 0.25) is 0 Å². The molecule has 1 aliphatic heterocycles. The summed E-state index contributed by atoms with van der Waals surface area (Å²) in [6.07, 6.45) is -0.439. The minimum absolute atomic E-state index is 0.132. The van der Waals surface area contributed by atoms with Crippen LogP contribution in [0.2, 0.25) is 0 Å². The standard InChI is InChI=1S/C27H28F2N2O3/c1-19-5-2-3-8-27(19)33-18-24(32)16-31(15-20-6-4-7-23(29)13-20)17-25-14-26(30-34-25)21-9-11-22(28)12-10-21/h2-13,24-25,32H,14-18H2,1H3/t24-,25-/m1/s1. The number of para-hydroxylation sites is 1. The lowest BCUT2D eigenvalue weighted by Crippen LogP contribution is -2.39. The number of aliphatic hydroxyl groups is 1. The van der Waals surface area contributed by atoms with Crippen LogP contribution in [-0.2, 0) is 11.4 Å². The molecule has 3 aromatic rings. The SMILES string of the molecule is Cc1ccccc1OC[C@H](O)CN(Cc1cccc(F)c1)C[C@H]1CC(c2ccc(F)cc2)=NO1. The van der Waals surface area contributed by atoms with Crippen molar-refractivity contribution in [2.24, 2.45) is 5.16 Å². The Bertz CT molecular complexity index is 1120. The van der Waals surface area contributed by atoms with E-state index in [-0.39, 0.29) is 24.3 Å². The molecule has 0 aromatic heterocycles. The Morgan fingerprint density at radius 1 is 1.06 bits per heavy atom. The summed E-state index contributed by atoms with van der Waals surface area (Å²) in [6, 6.07) is 20.2. The quantitative estimate of drug-likeness (QED) is 0.470. The maximum absolute atomic E-state index is 13.7. The predicted molar refractivity (Wildman–Crippen MR) is 127 cm³/mol. The molecule has 0 radical (unpaired) electrons. The molecule has 2 atom stereocenters. The van der Waals surface area contributed by atoms with Crippen molar-refractivity contribution in [2.75, 3.05) is 19.7 Å². The van der Waals surface area contributed by atoms with Crippen LogP contribution in [0.25, 0.3) is 0 Å². The summed E-state index contributed by atoms with van der Waals surface area (Å²) in [6.45, 7) is 3.31. The highest BCUT2D eigenvalue weighted by molar-refractivity contribution is 6.01. The maximum Gasteiger partial charge on any atom is 0.145 e. The molecule has 0 saturated heterocycles. The third kappa shape index (κ3) is 6.62. The Hall–Kier alpha value is -3.29. The number of halogens is 2. The van der Waals surface area contributed by atoms with Crippen molar-refractivity contribution in [3.63, 3.8) is 0 Å². The minimum atomic E-state index is -0.757. The van der Waals surface area contributed by atoms with Crippen LogP contribution in [0.3, 0.4) is 0 Å². The lowest BCUT2D eigenvalue weighted by molar-refractivity contribution is 0.0212. The summed E-state index contributed by atoms with van der Waals surface area (Å²) < 4.78 is 32.8. The van der Waals surface area contributed by atoms with Gasteiger partial charge in [0, 0.05) is 26.1 Å². The van der Waals surface area contributed by atoms with Crippen molar-refractivity contribution >= 4 is 5.71 Å². The third-order valence-electron chi connectivity index (χ3n) is 5.66. The van der Waals surface area contributed by atoms with Crippen molar-refractivity contribution in [1.82, 2.24) is 4.90 Å². The van der Waals surface area contributed by atoms with E-state index < -0.39 is 6.10 Å². The van der Waals surface area contributed by atoms with Gasteiger partial charge in [-0.15, -0.1) is 0 Å². The van der Waals surface area contributed by atoms with Gasteiger partial charge in [0.25, 0.3) is 0 Å². The van der Waals surface area contributed by atoms with Gasteiger partial charge in [0.15, 0.2) is 0 Å². The zero-order chi connectivity index (χ0) is 23.9. The second kappa shape index (κ2) is 11.2. The first-order valence-corrected chi connectivity index (χ1v) is 11.3. The third-order valence-corrected chi connectivity index (χ3v) is 5.66. The van der Waals surface area contributed by atoms with E-state index in [1.54, 1.807) is 18.2 Å². The van der Waals surface area contributed by atoms with Crippen molar-refractivity contribution in [3.05, 3.63) is 101 Å². The second-order valence-electron chi connectivity index (χ2n) is 8.53. The fourth-order valence-corrected chi connectivity index (χ4v) is 3.98. The molecule has 5 nitrogen and oxygen atoms in total. The van der Waals surface area contributed by atoms with Gasteiger partial charge in [-0.1, -0.05) is 47.6 Å². The molecule has 1 N–H and O–H groups in total. The van der Waals surface area contributed by atoms with Crippen molar-refractivity contribution in [1.29, 1.82) is 0 Å². The highest BCUT2D eigenvalue weighted by atomic mass is 19.1. The Kier molecular flexibility index (Phi) is 7.87. The fourth-order valence-electron chi connectivity index (χ4n) is 3.98. The monoisotopic (exact) mass is 466 g/mol. The smallest absolute Gasteiger partial charge is 0.145 e. The minimum Gasteiger partial charge on any atom is -0.491 e. The van der Waals surface area contributed by atoms with Gasteiger partial charge in [-0.05, 0) is 53.9 Å². The van der Waals surface area contributed by atoms with E-state index in [0.717, 1.165) is 28.2 Å². The predicted octanol–water partition coefficient (Wildman–Crippen LogP) is 4.71. The van der Waals surface area contributed by atoms with Gasteiger partial charge in [-0.3, -0.25) is 4.90 Å². The summed E-state index contributed by atoms with van der Waals surface area (Å²) in [5.41, 5.74) is 3.35. The average molecular weight is 467 g/mol. The van der Waals surface area contributed by atoms with Crippen LogP contribution in [0.15, 0.2) is 78.0 Å². The topological polar surface area (TPSA) is 54.3 Å². The first-order chi connectivity index (χ1) is 16.5. The fraction of sp³-hybridized carbons (Fsp3) is 0.296. The number of benzene rings is 3. The molecule has 1 heterocycles. The Labute approximate surface area is 198 Å². The van der Waals surface area contributed by atoms with Crippen LogP contribution in [0, 0.1) is 18.6 Å². The number of aliphatic hydroxyl groups excluding tert-OH is 1. The number of nitrogens with zero attached hydrogens (tertiary/aromatic N) is 2. The molecule has 0 amide bonds. The molecular formula is C27H28F2N2O3. The normalized spacial score (nSPS) is 16.3. The number of aryl methyl sites for hydroxylation is 1. The van der Waals surface area contributed by atoms with Gasteiger partial charge in [-0.25, -0.2) is 8.78 Å². The number of ether oxygens (including phenoxy) is 1. The summed E-state index contributed by atoms with van der Waals surface area (Å²) in [7, 11) is 0. The Balaban J connectivity index is 1.38. The summed E-state index contributed by atoms with van der Waals surface area (Å²) in [5.74, 6) is 0.123. The molecule has 7 heteroatoms. The van der Waals surface area contributed by atoms with Crippen LogP contribution < -0.4 is 4.74 Å². The van der Waals surface area contributed by atoms with E-state index in [4.69, 9.17) is 9.57 Å². The van der Waals surface area contributed by atoms with Crippen molar-refractivity contribution in [2.45, 2.75) is 32.1 Å². The van der Waals surface area contributed by atoms with Gasteiger partial charge in [0.05, 0.1) is 5.71 Å².